The molecule has 3 heteroatoms. The lowest BCUT2D eigenvalue weighted by Crippen LogP contribution is -2.36. The van der Waals surface area contributed by atoms with Crippen LogP contribution in [0.4, 0.5) is 0 Å². The van der Waals surface area contributed by atoms with Crippen molar-refractivity contribution in [1.29, 1.82) is 0 Å². The van der Waals surface area contributed by atoms with Crippen molar-refractivity contribution in [2.24, 2.45) is 11.7 Å². The Bertz CT molecular complexity index is 229. The molecule has 0 aromatic carbocycles. The van der Waals surface area contributed by atoms with Crippen molar-refractivity contribution >= 4 is 0 Å². The lowest BCUT2D eigenvalue weighted by molar-refractivity contribution is 0.0810. The van der Waals surface area contributed by atoms with Crippen LogP contribution in [-0.2, 0) is 4.74 Å². The molecule has 1 atom stereocenters. The minimum absolute atomic E-state index is 0.00849. The SMILES string of the molecule is C#CC[C@@H](N)COCCN1CCC(CC)CC1. The van der Waals surface area contributed by atoms with Crippen LogP contribution in [0.15, 0.2) is 0 Å². The first-order valence-corrected chi connectivity index (χ1v) is 6.75. The summed E-state index contributed by atoms with van der Waals surface area (Å²) in [5, 5.41) is 0. The van der Waals surface area contributed by atoms with Crippen LogP contribution < -0.4 is 5.73 Å². The molecule has 0 amide bonds. The van der Waals surface area contributed by atoms with Gasteiger partial charge in [0.2, 0.25) is 0 Å². The average Bonchev–Trinajstić information content (AvgIpc) is 2.36. The summed E-state index contributed by atoms with van der Waals surface area (Å²) in [4.78, 5) is 2.48. The van der Waals surface area contributed by atoms with Crippen molar-refractivity contribution in [2.45, 2.75) is 38.6 Å². The zero-order valence-corrected chi connectivity index (χ0v) is 11.0. The van der Waals surface area contributed by atoms with Crippen LogP contribution >= 0.6 is 0 Å². The molecule has 0 bridgehead atoms. The minimum atomic E-state index is -0.00849. The van der Waals surface area contributed by atoms with E-state index in [4.69, 9.17) is 16.9 Å². The summed E-state index contributed by atoms with van der Waals surface area (Å²) in [7, 11) is 0. The van der Waals surface area contributed by atoms with Crippen molar-refractivity contribution in [3.63, 3.8) is 0 Å². The van der Waals surface area contributed by atoms with Crippen LogP contribution in [0.2, 0.25) is 0 Å². The van der Waals surface area contributed by atoms with E-state index in [0.717, 1.165) is 19.1 Å². The molecule has 3 nitrogen and oxygen atoms in total. The molecule has 1 aliphatic heterocycles. The fraction of sp³-hybridized carbons (Fsp3) is 0.857. The number of terminal acetylenes is 1. The van der Waals surface area contributed by atoms with Gasteiger partial charge in [0.25, 0.3) is 0 Å². The van der Waals surface area contributed by atoms with Crippen molar-refractivity contribution in [3.8, 4) is 12.3 Å². The maximum atomic E-state index is 5.76. The van der Waals surface area contributed by atoms with Crippen LogP contribution in [-0.4, -0.2) is 43.8 Å². The maximum absolute atomic E-state index is 5.76. The van der Waals surface area contributed by atoms with E-state index in [1.807, 2.05) is 0 Å². The predicted molar refractivity (Wildman–Crippen MR) is 71.7 cm³/mol. The molecule has 0 aliphatic carbocycles. The normalized spacial score (nSPS) is 20.1. The molecule has 0 spiro atoms. The number of nitrogens with zero attached hydrogens (tertiary/aromatic N) is 1. The fourth-order valence-electron chi connectivity index (χ4n) is 2.26. The highest BCUT2D eigenvalue weighted by Crippen LogP contribution is 2.19. The number of nitrogens with two attached hydrogens (primary N) is 1. The summed E-state index contributed by atoms with van der Waals surface area (Å²) < 4.78 is 5.54. The summed E-state index contributed by atoms with van der Waals surface area (Å²) in [5.74, 6) is 3.49. The quantitative estimate of drug-likeness (QED) is 0.539. The Balaban J connectivity index is 1.99. The highest BCUT2D eigenvalue weighted by molar-refractivity contribution is 4.88. The molecule has 0 aromatic rings. The molecule has 2 N–H and O–H groups in total. The molecule has 0 saturated carbocycles. The van der Waals surface area contributed by atoms with E-state index in [1.165, 1.54) is 32.4 Å². The monoisotopic (exact) mass is 238 g/mol. The second kappa shape index (κ2) is 8.52. The van der Waals surface area contributed by atoms with Crippen molar-refractivity contribution in [1.82, 2.24) is 4.90 Å². The van der Waals surface area contributed by atoms with E-state index < -0.39 is 0 Å². The van der Waals surface area contributed by atoms with Gasteiger partial charge in [0.1, 0.15) is 0 Å². The standard InChI is InChI=1S/C14H26N2O/c1-3-5-14(15)12-17-11-10-16-8-6-13(4-2)7-9-16/h1,13-14H,4-12,15H2,2H3/t14-/m1/s1. The number of likely N-dealkylation sites (tertiary alicyclic amines) is 1. The Morgan fingerprint density at radius 3 is 2.76 bits per heavy atom. The molecule has 1 fully saturated rings. The fourth-order valence-corrected chi connectivity index (χ4v) is 2.26. The van der Waals surface area contributed by atoms with Crippen LogP contribution in [0.3, 0.4) is 0 Å². The number of piperidine rings is 1. The lowest BCUT2D eigenvalue weighted by Gasteiger charge is -2.31. The van der Waals surface area contributed by atoms with Crippen LogP contribution in [0.5, 0.6) is 0 Å². The summed E-state index contributed by atoms with van der Waals surface area (Å²) in [6.07, 6.45) is 9.79. The molecule has 0 unspecified atom stereocenters. The third-order valence-electron chi connectivity index (χ3n) is 3.55. The molecule has 98 valence electrons. The second-order valence-corrected chi connectivity index (χ2v) is 4.94. The highest BCUT2D eigenvalue weighted by Gasteiger charge is 2.17. The average molecular weight is 238 g/mol. The molecule has 0 radical (unpaired) electrons. The predicted octanol–water partition coefficient (Wildman–Crippen LogP) is 1.48. The summed E-state index contributed by atoms with van der Waals surface area (Å²) in [6.45, 7) is 7.11. The van der Waals surface area contributed by atoms with Crippen molar-refractivity contribution in [3.05, 3.63) is 0 Å². The third-order valence-corrected chi connectivity index (χ3v) is 3.55. The van der Waals surface area contributed by atoms with Gasteiger partial charge in [-0.25, -0.2) is 0 Å². The molecular formula is C14H26N2O. The Labute approximate surface area is 106 Å². The summed E-state index contributed by atoms with van der Waals surface area (Å²) in [5.41, 5.74) is 5.76. The second-order valence-electron chi connectivity index (χ2n) is 4.94. The number of ether oxygens (including phenoxy) is 1. The van der Waals surface area contributed by atoms with Gasteiger partial charge in [-0.2, -0.15) is 0 Å². The third kappa shape index (κ3) is 6.07. The van der Waals surface area contributed by atoms with Gasteiger partial charge in [-0.1, -0.05) is 13.3 Å². The summed E-state index contributed by atoms with van der Waals surface area (Å²) >= 11 is 0. The Morgan fingerprint density at radius 1 is 1.47 bits per heavy atom. The van der Waals surface area contributed by atoms with E-state index in [9.17, 15) is 0 Å². The minimum Gasteiger partial charge on any atom is -0.378 e. The van der Waals surface area contributed by atoms with Crippen LogP contribution in [0.1, 0.15) is 32.6 Å². The number of rotatable bonds is 7. The number of hydrogen-bond donors (Lipinski definition) is 1. The van der Waals surface area contributed by atoms with E-state index >= 15 is 0 Å². The van der Waals surface area contributed by atoms with Gasteiger partial charge in [-0.3, -0.25) is 0 Å². The van der Waals surface area contributed by atoms with Crippen LogP contribution in [0.25, 0.3) is 0 Å². The molecule has 1 rings (SSSR count). The van der Waals surface area contributed by atoms with E-state index in [0.29, 0.717) is 13.0 Å². The van der Waals surface area contributed by atoms with Gasteiger partial charge < -0.3 is 15.4 Å². The molecule has 1 aliphatic rings. The molecular weight excluding hydrogens is 212 g/mol. The molecule has 1 saturated heterocycles. The van der Waals surface area contributed by atoms with Crippen molar-refractivity contribution in [2.75, 3.05) is 32.8 Å². The lowest BCUT2D eigenvalue weighted by atomic mass is 9.94. The zero-order valence-electron chi connectivity index (χ0n) is 11.0. The first kappa shape index (κ1) is 14.5. The highest BCUT2D eigenvalue weighted by atomic mass is 16.5. The van der Waals surface area contributed by atoms with Gasteiger partial charge in [0.15, 0.2) is 0 Å². The Hall–Kier alpha value is -0.560. The van der Waals surface area contributed by atoms with E-state index in [-0.39, 0.29) is 6.04 Å². The van der Waals surface area contributed by atoms with Gasteiger partial charge in [-0.05, 0) is 31.8 Å². The van der Waals surface area contributed by atoms with Crippen molar-refractivity contribution < 1.29 is 4.74 Å². The number of hydrogen-bond acceptors (Lipinski definition) is 3. The molecule has 1 heterocycles. The zero-order chi connectivity index (χ0) is 12.5. The molecule has 17 heavy (non-hydrogen) atoms. The topological polar surface area (TPSA) is 38.5 Å². The van der Waals surface area contributed by atoms with Gasteiger partial charge in [-0.15, -0.1) is 12.3 Å². The first-order valence-electron chi connectivity index (χ1n) is 6.75. The smallest absolute Gasteiger partial charge is 0.0627 e. The maximum Gasteiger partial charge on any atom is 0.0627 e. The largest absolute Gasteiger partial charge is 0.378 e. The molecule has 0 aromatic heterocycles. The van der Waals surface area contributed by atoms with Crippen LogP contribution in [0, 0.1) is 18.3 Å². The first-order chi connectivity index (χ1) is 8.26. The summed E-state index contributed by atoms with van der Waals surface area (Å²) in [6, 6.07) is -0.00849. The van der Waals surface area contributed by atoms with E-state index in [1.54, 1.807) is 0 Å². The van der Waals surface area contributed by atoms with Gasteiger partial charge in [0.05, 0.1) is 13.2 Å². The van der Waals surface area contributed by atoms with Gasteiger partial charge in [0, 0.05) is 19.0 Å². The van der Waals surface area contributed by atoms with E-state index in [2.05, 4.69) is 17.7 Å². The Morgan fingerprint density at radius 2 is 2.18 bits per heavy atom. The Kier molecular flexibility index (Phi) is 7.27. The van der Waals surface area contributed by atoms with Gasteiger partial charge >= 0.3 is 0 Å².